The van der Waals surface area contributed by atoms with Crippen molar-refractivity contribution >= 4 is 49.6 Å². The summed E-state index contributed by atoms with van der Waals surface area (Å²) in [5, 5.41) is 5.46. The van der Waals surface area contributed by atoms with Gasteiger partial charge in [-0.05, 0) is 0 Å². The van der Waals surface area contributed by atoms with Crippen LogP contribution in [0.5, 0.6) is 0 Å². The number of fused-ring (bicyclic) bond motifs is 5. The summed E-state index contributed by atoms with van der Waals surface area (Å²) in [4.78, 5) is 0. The summed E-state index contributed by atoms with van der Waals surface area (Å²) < 4.78 is 3.95. The molecule has 2 aliphatic rings. The molecule has 8 rings (SSSR count). The SMILES string of the molecule is CC(C)(C)c1ccc2c(c1)[CH]([Zr]([C]1=CC=CC1)=[C](Cc1cccc3ccccc13)Cc1cccc3ccccc13)c1cc(C(C)(C)C)ccc1-2.Cl.Cl. The van der Waals surface area contributed by atoms with Crippen molar-refractivity contribution in [1.82, 2.24) is 0 Å². The monoisotopic (exact) mass is 798 g/mol. The van der Waals surface area contributed by atoms with Crippen molar-refractivity contribution in [2.45, 2.75) is 75.3 Å². The van der Waals surface area contributed by atoms with Gasteiger partial charge in [0.15, 0.2) is 0 Å². The summed E-state index contributed by atoms with van der Waals surface area (Å²) in [5.41, 5.74) is 12.1. The van der Waals surface area contributed by atoms with E-state index in [1.54, 1.807) is 17.6 Å². The van der Waals surface area contributed by atoms with Crippen LogP contribution in [0.4, 0.5) is 0 Å². The number of benzene rings is 6. The Labute approximate surface area is 331 Å². The average molecular weight is 801 g/mol. The average Bonchev–Trinajstić information content (AvgIpc) is 3.75. The third-order valence-corrected chi connectivity index (χ3v) is 19.4. The molecule has 0 amide bonds. The third-order valence-electron chi connectivity index (χ3n) is 11.1. The molecule has 0 fully saturated rings. The smallest absolute Gasteiger partial charge is 0.147 e. The molecule has 6 aromatic rings. The van der Waals surface area contributed by atoms with Gasteiger partial charge in [-0.15, -0.1) is 24.8 Å². The summed E-state index contributed by atoms with van der Waals surface area (Å²) in [6.45, 7) is 14.2. The largest absolute Gasteiger partial charge is 0.147 e. The van der Waals surface area contributed by atoms with E-state index in [9.17, 15) is 0 Å². The van der Waals surface area contributed by atoms with E-state index < -0.39 is 21.3 Å². The molecular weight excluding hydrogens is 751 g/mol. The first kappa shape index (κ1) is 38.4. The number of hydrogen-bond donors (Lipinski definition) is 0. The van der Waals surface area contributed by atoms with Crippen molar-refractivity contribution in [1.29, 1.82) is 0 Å². The topological polar surface area (TPSA) is 0 Å². The molecule has 0 radical (unpaired) electrons. The van der Waals surface area contributed by atoms with Gasteiger partial charge in [-0.2, -0.15) is 0 Å². The molecule has 0 nitrogen and oxygen atoms in total. The Kier molecular flexibility index (Phi) is 11.2. The molecule has 3 heteroatoms. The van der Waals surface area contributed by atoms with Crippen LogP contribution < -0.4 is 0 Å². The summed E-state index contributed by atoms with van der Waals surface area (Å²) in [7, 11) is 0. The van der Waals surface area contributed by atoms with Gasteiger partial charge < -0.3 is 0 Å². The molecule has 0 unspecified atom stereocenters. The number of rotatable bonds is 6. The Morgan fingerprint density at radius 1 is 0.577 bits per heavy atom. The van der Waals surface area contributed by atoms with E-state index in [0.29, 0.717) is 3.63 Å². The van der Waals surface area contributed by atoms with Crippen LogP contribution in [-0.4, -0.2) is 3.21 Å². The summed E-state index contributed by atoms with van der Waals surface area (Å²) in [6, 6.07) is 46.9. The predicted octanol–water partition coefficient (Wildman–Crippen LogP) is 13.6. The van der Waals surface area contributed by atoms with Gasteiger partial charge in [0.25, 0.3) is 0 Å². The fourth-order valence-electron chi connectivity index (χ4n) is 8.37. The van der Waals surface area contributed by atoms with Gasteiger partial charge in [0, 0.05) is 0 Å². The maximum atomic E-state index is 2.62. The van der Waals surface area contributed by atoms with Gasteiger partial charge in [-0.1, -0.05) is 0 Å². The van der Waals surface area contributed by atoms with Crippen molar-refractivity contribution in [3.05, 3.63) is 176 Å². The van der Waals surface area contributed by atoms with Crippen LogP contribution in [-0.2, 0) is 44.9 Å². The van der Waals surface area contributed by atoms with E-state index >= 15 is 0 Å². The summed E-state index contributed by atoms with van der Waals surface area (Å²) in [6.07, 6.45) is 10.4. The molecule has 0 saturated heterocycles. The van der Waals surface area contributed by atoms with Crippen molar-refractivity contribution in [2.75, 3.05) is 0 Å². The van der Waals surface area contributed by atoms with E-state index in [0.717, 1.165) is 19.3 Å². The van der Waals surface area contributed by atoms with Crippen molar-refractivity contribution < 1.29 is 21.3 Å². The third kappa shape index (κ3) is 7.27. The van der Waals surface area contributed by atoms with Gasteiger partial charge in [0.05, 0.1) is 0 Å². The summed E-state index contributed by atoms with van der Waals surface area (Å²) >= 11 is -2.74. The fourth-order valence-corrected chi connectivity index (χ4v) is 17.5. The first-order chi connectivity index (χ1) is 24.1. The molecule has 52 heavy (non-hydrogen) atoms. The Balaban J connectivity index is 0.00000232. The van der Waals surface area contributed by atoms with Gasteiger partial charge in [-0.25, -0.2) is 0 Å². The maximum Gasteiger partial charge on any atom is -0.147 e. The minimum absolute atomic E-state index is 0. The standard InChI is InChI=1S/C23H18.C21H25.C5H5.2ClH.Zr/c1-3-16-22-18(8-1)10-5-12-20(22)14-7-15-21-13-6-11-19-9-2-4-17-23(19)21;1-20(2,3)16-7-9-18-14(12-16)11-15-13-17(21(4,5)6)8-10-19(15)18;1-2-4-5-3-1;;;/h1-6,8-13,16-17H,14-15H2;7-13H,1-6H3;1-3H,4H2;2*1H;. The minimum Gasteiger partial charge on any atom is -0.147 e. The molecule has 0 heterocycles. The number of halogens is 2. The Hall–Kier alpha value is -3.35. The van der Waals surface area contributed by atoms with Gasteiger partial charge in [0.1, 0.15) is 0 Å². The molecule has 0 aliphatic heterocycles. The van der Waals surface area contributed by atoms with Crippen molar-refractivity contribution in [3.63, 3.8) is 0 Å². The minimum atomic E-state index is -2.74. The van der Waals surface area contributed by atoms with Crippen LogP contribution >= 0.6 is 24.8 Å². The second kappa shape index (κ2) is 15.2. The number of hydrogen-bond acceptors (Lipinski definition) is 0. The van der Waals surface area contributed by atoms with E-state index in [1.165, 1.54) is 54.9 Å². The Morgan fingerprint density at radius 2 is 1.04 bits per heavy atom. The molecule has 0 saturated carbocycles. The van der Waals surface area contributed by atoms with E-state index in [-0.39, 0.29) is 35.6 Å². The van der Waals surface area contributed by atoms with Crippen LogP contribution in [0.3, 0.4) is 0 Å². The Morgan fingerprint density at radius 3 is 1.48 bits per heavy atom. The molecule has 0 aromatic heterocycles. The first-order valence-corrected chi connectivity index (χ1v) is 22.2. The fraction of sp³-hybridized carbons (Fsp3) is 0.245. The van der Waals surface area contributed by atoms with Gasteiger partial charge in [0.2, 0.25) is 0 Å². The molecule has 0 bridgehead atoms. The van der Waals surface area contributed by atoms with Crippen LogP contribution in [0.15, 0.2) is 143 Å². The molecule has 0 spiro atoms. The van der Waals surface area contributed by atoms with Crippen LogP contribution in [0.25, 0.3) is 32.7 Å². The number of allylic oxidation sites excluding steroid dienone is 4. The molecule has 2 aliphatic carbocycles. The Bertz CT molecular complexity index is 2220. The zero-order valence-electron chi connectivity index (χ0n) is 31.3. The van der Waals surface area contributed by atoms with E-state index in [4.69, 9.17) is 0 Å². The van der Waals surface area contributed by atoms with Crippen LogP contribution in [0, 0.1) is 0 Å². The molecule has 0 N–H and O–H groups in total. The van der Waals surface area contributed by atoms with Crippen LogP contribution in [0.1, 0.15) is 85.0 Å². The molecule has 6 aromatic carbocycles. The zero-order chi connectivity index (χ0) is 34.6. The first-order valence-electron chi connectivity index (χ1n) is 18.4. The second-order valence-corrected chi connectivity index (χ2v) is 23.3. The normalized spacial score (nSPS) is 13.7. The predicted molar refractivity (Wildman–Crippen MR) is 228 cm³/mol. The summed E-state index contributed by atoms with van der Waals surface area (Å²) in [5.74, 6) is 0. The maximum absolute atomic E-state index is 2.74. The molecular formula is C49H50Cl2Zr. The second-order valence-electron chi connectivity index (χ2n) is 16.5. The zero-order valence-corrected chi connectivity index (χ0v) is 35.4. The van der Waals surface area contributed by atoms with E-state index in [2.05, 4.69) is 181 Å². The van der Waals surface area contributed by atoms with Crippen molar-refractivity contribution in [2.24, 2.45) is 0 Å². The van der Waals surface area contributed by atoms with Crippen LogP contribution in [0.2, 0.25) is 0 Å². The molecule has 264 valence electrons. The van der Waals surface area contributed by atoms with E-state index in [1.807, 2.05) is 0 Å². The quantitative estimate of drug-likeness (QED) is 0.157. The van der Waals surface area contributed by atoms with Gasteiger partial charge >= 0.3 is 309 Å². The van der Waals surface area contributed by atoms with Gasteiger partial charge in [-0.3, -0.25) is 0 Å². The van der Waals surface area contributed by atoms with Crippen molar-refractivity contribution in [3.8, 4) is 11.1 Å². The molecule has 0 atom stereocenters.